The summed E-state index contributed by atoms with van der Waals surface area (Å²) in [4.78, 5) is 0. The lowest BCUT2D eigenvalue weighted by molar-refractivity contribution is -0.327. The maximum absolute atomic E-state index is 11.9. The Kier molecular flexibility index (Phi) is 4.60. The van der Waals surface area contributed by atoms with Crippen LogP contribution in [0.5, 0.6) is 0 Å². The van der Waals surface area contributed by atoms with Gasteiger partial charge in [0.05, 0.1) is 12.2 Å². The van der Waals surface area contributed by atoms with Gasteiger partial charge in [0.1, 0.15) is 0 Å². The molecule has 0 rings (SSSR count). The number of halogens is 6. The van der Waals surface area contributed by atoms with Crippen LogP contribution in [0.1, 0.15) is 6.92 Å². The molecule has 0 aliphatic heterocycles. The number of aliphatic hydroxyl groups is 1. The summed E-state index contributed by atoms with van der Waals surface area (Å²) >= 11 is 0. The van der Waals surface area contributed by atoms with Gasteiger partial charge in [-0.25, -0.2) is 0 Å². The zero-order chi connectivity index (χ0) is 13.2. The zero-order valence-corrected chi connectivity index (χ0v) is 8.19. The number of alkyl halides is 6. The zero-order valence-electron chi connectivity index (χ0n) is 8.19. The van der Waals surface area contributed by atoms with Crippen LogP contribution in [0.4, 0.5) is 26.3 Å². The van der Waals surface area contributed by atoms with E-state index in [1.165, 1.54) is 0 Å². The molecule has 0 amide bonds. The second kappa shape index (κ2) is 4.76. The molecule has 1 atom stereocenters. The van der Waals surface area contributed by atoms with Gasteiger partial charge in [-0.05, 0) is 6.92 Å². The Labute approximate surface area is 87.2 Å². The van der Waals surface area contributed by atoms with Gasteiger partial charge in [0.2, 0.25) is 6.10 Å². The van der Waals surface area contributed by atoms with Crippen molar-refractivity contribution in [2.75, 3.05) is 13.2 Å². The fourth-order valence-electron chi connectivity index (χ4n) is 0.696. The monoisotopic (exact) mass is 255 g/mol. The first-order chi connectivity index (χ1) is 6.90. The van der Waals surface area contributed by atoms with E-state index in [9.17, 15) is 26.3 Å². The van der Waals surface area contributed by atoms with Crippen LogP contribution >= 0.6 is 0 Å². The van der Waals surface area contributed by atoms with E-state index in [1.807, 2.05) is 0 Å². The second-order valence-electron chi connectivity index (χ2n) is 3.48. The van der Waals surface area contributed by atoms with Gasteiger partial charge in [0.25, 0.3) is 0 Å². The molecule has 98 valence electrons. The largest absolute Gasteiger partial charge is 0.423 e. The standard InChI is InChI=1S/C7H11F6NO2/c1-5(15,2-14)3-16-4(6(8,9)10)7(11,12)13/h4,15H,2-3,14H2,1H3. The molecule has 16 heavy (non-hydrogen) atoms. The minimum absolute atomic E-state index is 0.518. The van der Waals surface area contributed by atoms with Crippen molar-refractivity contribution >= 4 is 0 Å². The summed E-state index contributed by atoms with van der Waals surface area (Å²) in [5, 5.41) is 9.12. The van der Waals surface area contributed by atoms with Gasteiger partial charge in [0.15, 0.2) is 0 Å². The molecule has 0 aliphatic carbocycles. The van der Waals surface area contributed by atoms with Crippen molar-refractivity contribution < 1.29 is 36.2 Å². The molecule has 0 heterocycles. The van der Waals surface area contributed by atoms with E-state index < -0.39 is 37.2 Å². The van der Waals surface area contributed by atoms with Crippen molar-refractivity contribution in [1.82, 2.24) is 0 Å². The maximum Gasteiger partial charge on any atom is 0.423 e. The van der Waals surface area contributed by atoms with E-state index >= 15 is 0 Å². The predicted molar refractivity (Wildman–Crippen MR) is 41.5 cm³/mol. The minimum atomic E-state index is -5.58. The minimum Gasteiger partial charge on any atom is -0.386 e. The molecule has 1 unspecified atom stereocenters. The lowest BCUT2D eigenvalue weighted by Gasteiger charge is -2.27. The molecule has 3 nitrogen and oxygen atoms in total. The van der Waals surface area contributed by atoms with Crippen molar-refractivity contribution in [1.29, 1.82) is 0 Å². The summed E-state index contributed by atoms with van der Waals surface area (Å²) in [5.74, 6) is 0. The van der Waals surface area contributed by atoms with Gasteiger partial charge in [-0.15, -0.1) is 0 Å². The lowest BCUT2D eigenvalue weighted by Crippen LogP contribution is -2.48. The Hall–Kier alpha value is -0.540. The first-order valence-electron chi connectivity index (χ1n) is 4.07. The van der Waals surface area contributed by atoms with E-state index in [0.29, 0.717) is 0 Å². The van der Waals surface area contributed by atoms with Crippen LogP contribution in [0.2, 0.25) is 0 Å². The van der Waals surface area contributed by atoms with Crippen LogP contribution in [0, 0.1) is 0 Å². The third-order valence-electron chi connectivity index (χ3n) is 1.60. The molecule has 0 aliphatic rings. The van der Waals surface area contributed by atoms with Crippen LogP contribution in [0.15, 0.2) is 0 Å². The average molecular weight is 255 g/mol. The molecular weight excluding hydrogens is 244 g/mol. The predicted octanol–water partition coefficient (Wildman–Crippen LogP) is 1.21. The first kappa shape index (κ1) is 15.5. The van der Waals surface area contributed by atoms with E-state index in [0.717, 1.165) is 6.92 Å². The highest BCUT2D eigenvalue weighted by molar-refractivity contribution is 4.79. The molecule has 3 N–H and O–H groups in total. The van der Waals surface area contributed by atoms with Crippen molar-refractivity contribution in [3.8, 4) is 0 Å². The van der Waals surface area contributed by atoms with Crippen LogP contribution in [0.3, 0.4) is 0 Å². The summed E-state index contributed by atoms with van der Waals surface area (Å²) in [6.45, 7) is -0.709. The average Bonchev–Trinajstić information content (AvgIpc) is 1.99. The second-order valence-corrected chi connectivity index (χ2v) is 3.48. The van der Waals surface area contributed by atoms with E-state index in [1.54, 1.807) is 0 Å². The van der Waals surface area contributed by atoms with Crippen molar-refractivity contribution in [3.63, 3.8) is 0 Å². The molecule has 0 aromatic heterocycles. The van der Waals surface area contributed by atoms with Crippen molar-refractivity contribution in [2.24, 2.45) is 5.73 Å². The number of nitrogens with two attached hydrogens (primary N) is 1. The Bertz CT molecular complexity index is 210. The SMILES string of the molecule is CC(O)(CN)COC(C(F)(F)F)C(F)(F)F. The molecular formula is C7H11F6NO2. The van der Waals surface area contributed by atoms with Crippen molar-refractivity contribution in [2.45, 2.75) is 31.0 Å². The van der Waals surface area contributed by atoms with Crippen LogP contribution in [0.25, 0.3) is 0 Å². The van der Waals surface area contributed by atoms with Gasteiger partial charge in [-0.3, -0.25) is 0 Å². The highest BCUT2D eigenvalue weighted by Crippen LogP contribution is 2.35. The molecule has 0 bridgehead atoms. The summed E-state index contributed by atoms with van der Waals surface area (Å²) in [5.41, 5.74) is 2.98. The van der Waals surface area contributed by atoms with E-state index in [2.05, 4.69) is 4.74 Å². The normalized spacial score (nSPS) is 17.6. The van der Waals surface area contributed by atoms with Crippen LogP contribution in [-0.4, -0.2) is 42.3 Å². The summed E-state index contributed by atoms with van der Waals surface area (Å²) in [6, 6.07) is 0. The third-order valence-corrected chi connectivity index (χ3v) is 1.60. The van der Waals surface area contributed by atoms with Gasteiger partial charge in [0, 0.05) is 6.54 Å². The fourth-order valence-corrected chi connectivity index (χ4v) is 0.696. The molecule has 0 aromatic rings. The van der Waals surface area contributed by atoms with Crippen molar-refractivity contribution in [3.05, 3.63) is 0 Å². The molecule has 0 saturated carbocycles. The Morgan fingerprint density at radius 2 is 1.50 bits per heavy atom. The van der Waals surface area contributed by atoms with Crippen LogP contribution < -0.4 is 5.73 Å². The van der Waals surface area contributed by atoms with Gasteiger partial charge < -0.3 is 15.6 Å². The first-order valence-corrected chi connectivity index (χ1v) is 4.07. The Morgan fingerprint density at radius 1 is 1.12 bits per heavy atom. The lowest BCUT2D eigenvalue weighted by atomic mass is 10.1. The quantitative estimate of drug-likeness (QED) is 0.742. The molecule has 0 radical (unpaired) electrons. The van der Waals surface area contributed by atoms with Gasteiger partial charge in [-0.1, -0.05) is 0 Å². The highest BCUT2D eigenvalue weighted by Gasteiger charge is 2.58. The Balaban J connectivity index is 4.61. The molecule has 0 spiro atoms. The summed E-state index contributed by atoms with van der Waals surface area (Å²) in [7, 11) is 0. The smallest absolute Gasteiger partial charge is 0.386 e. The summed E-state index contributed by atoms with van der Waals surface area (Å²) in [6.07, 6.45) is -15.1. The molecule has 0 fully saturated rings. The maximum atomic E-state index is 11.9. The fraction of sp³-hybridized carbons (Fsp3) is 1.00. The topological polar surface area (TPSA) is 55.5 Å². The molecule has 9 heteroatoms. The highest BCUT2D eigenvalue weighted by atomic mass is 19.4. The Morgan fingerprint density at radius 3 is 1.75 bits per heavy atom. The van der Waals surface area contributed by atoms with Gasteiger partial charge in [-0.2, -0.15) is 26.3 Å². The van der Waals surface area contributed by atoms with Gasteiger partial charge >= 0.3 is 12.4 Å². The van der Waals surface area contributed by atoms with Crippen LogP contribution in [-0.2, 0) is 4.74 Å². The molecule has 0 saturated heterocycles. The van der Waals surface area contributed by atoms with E-state index in [-0.39, 0.29) is 0 Å². The molecule has 0 aromatic carbocycles. The summed E-state index contributed by atoms with van der Waals surface area (Å²) < 4.78 is 75.3. The van der Waals surface area contributed by atoms with E-state index in [4.69, 9.17) is 10.8 Å². The number of hydrogen-bond donors (Lipinski definition) is 2. The number of ether oxygens (including phenoxy) is 1. The number of rotatable bonds is 4. The number of hydrogen-bond acceptors (Lipinski definition) is 3. The third kappa shape index (κ3) is 4.99.